The molecular weight excluding hydrogens is 536 g/mol. The topological polar surface area (TPSA) is 89.5 Å². The van der Waals surface area contributed by atoms with Crippen molar-refractivity contribution >= 4 is 12.1 Å². The number of benzene rings is 3. The van der Waals surface area contributed by atoms with E-state index in [0.717, 1.165) is 50.9 Å². The summed E-state index contributed by atoms with van der Waals surface area (Å²) in [5.41, 5.74) is 1.27. The number of unbranched alkanes of at least 4 members (excludes halogenated alkanes) is 5. The van der Waals surface area contributed by atoms with Gasteiger partial charge in [0.25, 0.3) is 0 Å². The minimum Gasteiger partial charge on any atom is -0.494 e. The van der Waals surface area contributed by atoms with Gasteiger partial charge >= 0.3 is 12.1 Å². The first-order valence-electron chi connectivity index (χ1n) is 14.8. The van der Waals surface area contributed by atoms with E-state index in [9.17, 15) is 9.59 Å². The second-order valence-corrected chi connectivity index (χ2v) is 10.1. The zero-order chi connectivity index (χ0) is 29.2. The highest BCUT2D eigenvalue weighted by Crippen LogP contribution is 2.21. The molecular formula is C34H40O8. The van der Waals surface area contributed by atoms with Crippen LogP contribution in [0.15, 0.2) is 78.9 Å². The normalized spacial score (nSPS) is 14.6. The van der Waals surface area contributed by atoms with E-state index in [2.05, 4.69) is 0 Å². The predicted molar refractivity (Wildman–Crippen MR) is 158 cm³/mol. The van der Waals surface area contributed by atoms with Crippen LogP contribution in [-0.2, 0) is 20.8 Å². The van der Waals surface area contributed by atoms with E-state index >= 15 is 0 Å². The molecule has 1 atom stereocenters. The highest BCUT2D eigenvalue weighted by Gasteiger charge is 2.13. The average Bonchev–Trinajstić information content (AvgIpc) is 3.03. The van der Waals surface area contributed by atoms with Gasteiger partial charge in [0.1, 0.15) is 23.9 Å². The Hall–Kier alpha value is -3.88. The number of hydrogen-bond acceptors (Lipinski definition) is 8. The predicted octanol–water partition coefficient (Wildman–Crippen LogP) is 7.88. The van der Waals surface area contributed by atoms with Gasteiger partial charge < -0.3 is 28.4 Å². The van der Waals surface area contributed by atoms with Crippen molar-refractivity contribution in [1.82, 2.24) is 0 Å². The van der Waals surface area contributed by atoms with Gasteiger partial charge in [0, 0.05) is 13.2 Å². The summed E-state index contributed by atoms with van der Waals surface area (Å²) >= 11 is 0. The van der Waals surface area contributed by atoms with Crippen LogP contribution >= 0.6 is 0 Å². The van der Waals surface area contributed by atoms with Crippen molar-refractivity contribution in [2.45, 2.75) is 70.7 Å². The molecule has 0 spiro atoms. The third-order valence-corrected chi connectivity index (χ3v) is 6.77. The molecule has 3 aromatic rings. The van der Waals surface area contributed by atoms with Gasteiger partial charge in [-0.15, -0.1) is 0 Å². The number of carbonyl (C=O) groups excluding carboxylic acids is 2. The van der Waals surface area contributed by atoms with E-state index in [0.29, 0.717) is 23.7 Å². The lowest BCUT2D eigenvalue weighted by atomic mass is 10.1. The van der Waals surface area contributed by atoms with Crippen molar-refractivity contribution in [3.05, 3.63) is 90.0 Å². The minimum absolute atomic E-state index is 0.0135. The van der Waals surface area contributed by atoms with Gasteiger partial charge in [-0.1, -0.05) is 56.0 Å². The van der Waals surface area contributed by atoms with Crippen LogP contribution in [0.3, 0.4) is 0 Å². The van der Waals surface area contributed by atoms with Crippen molar-refractivity contribution in [3.63, 3.8) is 0 Å². The van der Waals surface area contributed by atoms with Crippen molar-refractivity contribution in [3.8, 4) is 17.2 Å². The van der Waals surface area contributed by atoms with E-state index in [1.54, 1.807) is 36.4 Å². The number of rotatable bonds is 16. The minimum atomic E-state index is -0.812. The summed E-state index contributed by atoms with van der Waals surface area (Å²) in [5.74, 6) is 0.837. The van der Waals surface area contributed by atoms with E-state index in [4.69, 9.17) is 28.4 Å². The lowest BCUT2D eigenvalue weighted by molar-refractivity contribution is -0.162. The van der Waals surface area contributed by atoms with Gasteiger partial charge in [-0.05, 0) is 86.2 Å². The maximum absolute atomic E-state index is 12.5. The average molecular weight is 577 g/mol. The van der Waals surface area contributed by atoms with E-state index < -0.39 is 12.1 Å². The lowest BCUT2D eigenvalue weighted by Gasteiger charge is -2.22. The molecule has 42 heavy (non-hydrogen) atoms. The molecule has 1 aliphatic heterocycles. The molecule has 3 aromatic carbocycles. The molecule has 4 rings (SSSR count). The summed E-state index contributed by atoms with van der Waals surface area (Å²) in [6.45, 7) is 2.37. The van der Waals surface area contributed by atoms with Crippen molar-refractivity contribution < 1.29 is 38.0 Å². The Morgan fingerprint density at radius 2 is 1.33 bits per heavy atom. The largest absolute Gasteiger partial charge is 0.514 e. The third-order valence-electron chi connectivity index (χ3n) is 6.77. The summed E-state index contributed by atoms with van der Waals surface area (Å²) in [6, 6.07) is 22.4. The smallest absolute Gasteiger partial charge is 0.494 e. The van der Waals surface area contributed by atoms with Gasteiger partial charge in [-0.2, -0.15) is 0 Å². The van der Waals surface area contributed by atoms with Crippen LogP contribution in [0.5, 0.6) is 17.2 Å². The van der Waals surface area contributed by atoms with Gasteiger partial charge in [0.2, 0.25) is 0 Å². The molecule has 0 amide bonds. The Morgan fingerprint density at radius 1 is 0.690 bits per heavy atom. The first kappa shape index (κ1) is 31.1. The standard InChI is InChI=1S/C34H40O8/c35-33(41-30-19-21-31(22-20-30)42-34(36)40-26-27-12-6-5-7-13-27)28-15-17-29(18-16-28)37-23-9-3-1-2-4-10-24-38-32-14-8-11-25-39-32/h5-7,12-13,15-22,32H,1-4,8-11,14,23-26H2. The fraction of sp³-hybridized carbons (Fsp3) is 0.412. The van der Waals surface area contributed by atoms with Crippen LogP contribution in [-0.4, -0.2) is 38.2 Å². The SMILES string of the molecule is O=C(OCc1ccccc1)Oc1ccc(OC(=O)c2ccc(OCCCCCCCCOC3CCCCO3)cc2)cc1. The maximum Gasteiger partial charge on any atom is 0.514 e. The molecule has 1 aliphatic rings. The van der Waals surface area contributed by atoms with E-state index in [1.165, 1.54) is 37.8 Å². The van der Waals surface area contributed by atoms with Crippen molar-refractivity contribution in [2.24, 2.45) is 0 Å². The third kappa shape index (κ3) is 11.5. The maximum atomic E-state index is 12.5. The number of hydrogen-bond donors (Lipinski definition) is 0. The van der Waals surface area contributed by atoms with E-state index in [1.807, 2.05) is 30.3 Å². The van der Waals surface area contributed by atoms with Crippen LogP contribution in [0.25, 0.3) is 0 Å². The fourth-order valence-corrected chi connectivity index (χ4v) is 4.43. The molecule has 0 aliphatic carbocycles. The lowest BCUT2D eigenvalue weighted by Crippen LogP contribution is -2.22. The molecule has 1 saturated heterocycles. The summed E-state index contributed by atoms with van der Waals surface area (Å²) in [4.78, 5) is 24.4. The first-order chi connectivity index (χ1) is 20.7. The van der Waals surface area contributed by atoms with Crippen LogP contribution in [0, 0.1) is 0 Å². The summed E-state index contributed by atoms with van der Waals surface area (Å²) in [5, 5.41) is 0. The second-order valence-electron chi connectivity index (χ2n) is 10.1. The Kier molecular flexibility index (Phi) is 13.2. The molecule has 8 nitrogen and oxygen atoms in total. The molecule has 0 N–H and O–H groups in total. The van der Waals surface area contributed by atoms with Crippen LogP contribution in [0.2, 0.25) is 0 Å². The van der Waals surface area contributed by atoms with Gasteiger partial charge in [-0.25, -0.2) is 9.59 Å². The van der Waals surface area contributed by atoms with E-state index in [-0.39, 0.29) is 18.6 Å². The zero-order valence-electron chi connectivity index (χ0n) is 24.0. The second kappa shape index (κ2) is 17.8. The Morgan fingerprint density at radius 3 is 2.02 bits per heavy atom. The van der Waals surface area contributed by atoms with Crippen LogP contribution < -0.4 is 14.2 Å². The molecule has 8 heteroatoms. The zero-order valence-corrected chi connectivity index (χ0v) is 24.0. The molecule has 224 valence electrons. The summed E-state index contributed by atoms with van der Waals surface area (Å²) < 4.78 is 32.9. The molecule has 1 heterocycles. The summed E-state index contributed by atoms with van der Waals surface area (Å²) in [6.07, 6.45) is 9.32. The van der Waals surface area contributed by atoms with Crippen LogP contribution in [0.4, 0.5) is 4.79 Å². The fourth-order valence-electron chi connectivity index (χ4n) is 4.43. The molecule has 1 unspecified atom stereocenters. The highest BCUT2D eigenvalue weighted by atomic mass is 16.7. The Labute approximate surface area is 247 Å². The van der Waals surface area contributed by atoms with Gasteiger partial charge in [0.15, 0.2) is 6.29 Å². The van der Waals surface area contributed by atoms with Gasteiger partial charge in [0.05, 0.1) is 12.2 Å². The van der Waals surface area contributed by atoms with Crippen LogP contribution in [0.1, 0.15) is 73.7 Å². The van der Waals surface area contributed by atoms with Crippen molar-refractivity contribution in [2.75, 3.05) is 19.8 Å². The number of ether oxygens (including phenoxy) is 6. The molecule has 0 saturated carbocycles. The Bertz CT molecular complexity index is 1190. The number of esters is 1. The van der Waals surface area contributed by atoms with Gasteiger partial charge in [-0.3, -0.25) is 0 Å². The first-order valence-corrected chi connectivity index (χ1v) is 14.8. The highest BCUT2D eigenvalue weighted by molar-refractivity contribution is 5.91. The quantitative estimate of drug-likeness (QED) is 0.0736. The molecule has 0 aromatic heterocycles. The molecule has 1 fully saturated rings. The Balaban J connectivity index is 1.05. The van der Waals surface area contributed by atoms with Crippen molar-refractivity contribution in [1.29, 1.82) is 0 Å². The molecule has 0 radical (unpaired) electrons. The summed E-state index contributed by atoms with van der Waals surface area (Å²) in [7, 11) is 0. The number of carbonyl (C=O) groups is 2. The monoisotopic (exact) mass is 576 g/mol. The molecule has 0 bridgehead atoms.